The van der Waals surface area contributed by atoms with Gasteiger partial charge in [0.15, 0.2) is 0 Å². The van der Waals surface area contributed by atoms with Crippen LogP contribution in [0.15, 0.2) is 30.7 Å². The molecule has 2 aromatic rings. The van der Waals surface area contributed by atoms with E-state index in [9.17, 15) is 4.79 Å². The number of hydrogen-bond acceptors (Lipinski definition) is 5. The zero-order valence-corrected chi connectivity index (χ0v) is 11.5. The SMILES string of the molecule is Cn1ccc(C(=O)NC2CN(c3cnccc3C#N)C2)n1. The van der Waals surface area contributed by atoms with Gasteiger partial charge in [-0.1, -0.05) is 0 Å². The monoisotopic (exact) mass is 282 g/mol. The van der Waals surface area contributed by atoms with Gasteiger partial charge in [0.25, 0.3) is 5.91 Å². The second-order valence-electron chi connectivity index (χ2n) is 4.95. The van der Waals surface area contributed by atoms with Gasteiger partial charge in [-0.15, -0.1) is 0 Å². The lowest BCUT2D eigenvalue weighted by Gasteiger charge is -2.41. The topological polar surface area (TPSA) is 86.8 Å². The van der Waals surface area contributed by atoms with Gasteiger partial charge < -0.3 is 10.2 Å². The molecule has 1 aliphatic heterocycles. The van der Waals surface area contributed by atoms with Crippen LogP contribution >= 0.6 is 0 Å². The first kappa shape index (κ1) is 13.1. The van der Waals surface area contributed by atoms with E-state index in [1.165, 1.54) is 0 Å². The zero-order chi connectivity index (χ0) is 14.8. The lowest BCUT2D eigenvalue weighted by Crippen LogP contribution is -2.59. The Kier molecular flexibility index (Phi) is 3.28. The van der Waals surface area contributed by atoms with Gasteiger partial charge in [-0.25, -0.2) is 0 Å². The third kappa shape index (κ3) is 2.56. The van der Waals surface area contributed by atoms with Crippen molar-refractivity contribution in [1.29, 1.82) is 5.26 Å². The van der Waals surface area contributed by atoms with Gasteiger partial charge in [0, 0.05) is 32.5 Å². The average Bonchev–Trinajstić information content (AvgIpc) is 2.89. The molecule has 0 bridgehead atoms. The molecule has 106 valence electrons. The van der Waals surface area contributed by atoms with E-state index in [-0.39, 0.29) is 11.9 Å². The second kappa shape index (κ2) is 5.25. The van der Waals surface area contributed by atoms with Crippen LogP contribution in [0.2, 0.25) is 0 Å². The van der Waals surface area contributed by atoms with Crippen molar-refractivity contribution in [2.45, 2.75) is 6.04 Å². The number of nitrogens with one attached hydrogen (secondary N) is 1. The van der Waals surface area contributed by atoms with Gasteiger partial charge in [0.05, 0.1) is 23.5 Å². The molecule has 1 fully saturated rings. The summed E-state index contributed by atoms with van der Waals surface area (Å²) in [7, 11) is 1.77. The molecule has 0 spiro atoms. The number of anilines is 1. The molecule has 0 saturated carbocycles. The van der Waals surface area contributed by atoms with E-state index in [2.05, 4.69) is 21.5 Å². The van der Waals surface area contributed by atoms with Gasteiger partial charge >= 0.3 is 0 Å². The minimum Gasteiger partial charge on any atom is -0.365 e. The zero-order valence-electron chi connectivity index (χ0n) is 11.5. The number of nitriles is 1. The molecular weight excluding hydrogens is 268 g/mol. The number of rotatable bonds is 3. The fourth-order valence-electron chi connectivity index (χ4n) is 2.29. The standard InChI is InChI=1S/C14H14N6O/c1-19-5-3-12(18-19)14(21)17-11-8-20(9-11)13-7-16-4-2-10(13)6-15/h2-5,7,11H,8-9H2,1H3,(H,17,21). The molecule has 3 heterocycles. The molecule has 2 aromatic heterocycles. The van der Waals surface area contributed by atoms with Crippen molar-refractivity contribution in [3.63, 3.8) is 0 Å². The predicted molar refractivity (Wildman–Crippen MR) is 75.6 cm³/mol. The number of pyridine rings is 1. The smallest absolute Gasteiger partial charge is 0.272 e. The fourth-order valence-corrected chi connectivity index (χ4v) is 2.29. The highest BCUT2D eigenvalue weighted by molar-refractivity contribution is 5.92. The van der Waals surface area contributed by atoms with Crippen molar-refractivity contribution in [2.75, 3.05) is 18.0 Å². The van der Waals surface area contributed by atoms with Crippen molar-refractivity contribution in [3.05, 3.63) is 42.0 Å². The molecule has 1 aliphatic rings. The predicted octanol–water partition coefficient (Wildman–Crippen LogP) is 0.305. The number of nitrogens with zero attached hydrogens (tertiary/aromatic N) is 5. The lowest BCUT2D eigenvalue weighted by molar-refractivity contribution is 0.0924. The van der Waals surface area contributed by atoms with Gasteiger partial charge in [-0.2, -0.15) is 10.4 Å². The Labute approximate surface area is 121 Å². The number of aryl methyl sites for hydroxylation is 1. The van der Waals surface area contributed by atoms with Crippen LogP contribution in [-0.4, -0.2) is 39.8 Å². The van der Waals surface area contributed by atoms with Gasteiger partial charge in [-0.05, 0) is 12.1 Å². The number of carbonyl (C=O) groups is 1. The molecular formula is C14H14N6O. The molecule has 0 aromatic carbocycles. The molecule has 1 amide bonds. The summed E-state index contributed by atoms with van der Waals surface area (Å²) in [5.74, 6) is -0.174. The Balaban J connectivity index is 1.59. The average molecular weight is 282 g/mol. The van der Waals surface area contributed by atoms with E-state index in [1.807, 2.05) is 4.90 Å². The molecule has 1 saturated heterocycles. The Morgan fingerprint density at radius 1 is 1.48 bits per heavy atom. The Morgan fingerprint density at radius 3 is 2.95 bits per heavy atom. The highest BCUT2D eigenvalue weighted by Crippen LogP contribution is 2.23. The van der Waals surface area contributed by atoms with Crippen LogP contribution in [0.4, 0.5) is 5.69 Å². The molecule has 0 radical (unpaired) electrons. The van der Waals surface area contributed by atoms with E-state index >= 15 is 0 Å². The van der Waals surface area contributed by atoms with E-state index in [0.29, 0.717) is 24.3 Å². The summed E-state index contributed by atoms with van der Waals surface area (Å²) in [5, 5.41) is 16.1. The normalized spacial score (nSPS) is 14.4. The third-order valence-corrected chi connectivity index (χ3v) is 3.42. The van der Waals surface area contributed by atoms with Gasteiger partial charge in [-0.3, -0.25) is 14.5 Å². The summed E-state index contributed by atoms with van der Waals surface area (Å²) in [6, 6.07) is 5.58. The van der Waals surface area contributed by atoms with Gasteiger partial charge in [0.2, 0.25) is 0 Å². The third-order valence-electron chi connectivity index (χ3n) is 3.42. The van der Waals surface area contributed by atoms with Crippen molar-refractivity contribution < 1.29 is 4.79 Å². The lowest BCUT2D eigenvalue weighted by atomic mass is 10.1. The highest BCUT2D eigenvalue weighted by Gasteiger charge is 2.30. The van der Waals surface area contributed by atoms with Crippen LogP contribution in [0.25, 0.3) is 0 Å². The first-order chi connectivity index (χ1) is 10.2. The molecule has 7 nitrogen and oxygen atoms in total. The quantitative estimate of drug-likeness (QED) is 0.875. The minimum atomic E-state index is -0.174. The second-order valence-corrected chi connectivity index (χ2v) is 4.95. The van der Waals surface area contributed by atoms with Crippen LogP contribution in [0.1, 0.15) is 16.1 Å². The largest absolute Gasteiger partial charge is 0.365 e. The first-order valence-electron chi connectivity index (χ1n) is 6.57. The van der Waals surface area contributed by atoms with E-state index in [0.717, 1.165) is 5.69 Å². The Morgan fingerprint density at radius 2 is 2.29 bits per heavy atom. The molecule has 0 aliphatic carbocycles. The fraction of sp³-hybridized carbons (Fsp3) is 0.286. The van der Waals surface area contributed by atoms with Crippen LogP contribution in [0.5, 0.6) is 0 Å². The summed E-state index contributed by atoms with van der Waals surface area (Å²) in [6.07, 6.45) is 5.01. The summed E-state index contributed by atoms with van der Waals surface area (Å²) in [5.41, 5.74) is 1.82. The summed E-state index contributed by atoms with van der Waals surface area (Å²) < 4.78 is 1.59. The van der Waals surface area contributed by atoms with Crippen molar-refractivity contribution in [2.24, 2.45) is 7.05 Å². The molecule has 7 heteroatoms. The van der Waals surface area contributed by atoms with Crippen molar-refractivity contribution in [1.82, 2.24) is 20.1 Å². The number of hydrogen-bond donors (Lipinski definition) is 1. The van der Waals surface area contributed by atoms with E-state index < -0.39 is 0 Å². The molecule has 0 atom stereocenters. The molecule has 1 N–H and O–H groups in total. The Bertz CT molecular complexity index is 710. The summed E-state index contributed by atoms with van der Waals surface area (Å²) in [6.45, 7) is 1.33. The van der Waals surface area contributed by atoms with Crippen LogP contribution in [-0.2, 0) is 7.05 Å². The number of aromatic nitrogens is 3. The number of amides is 1. The van der Waals surface area contributed by atoms with Gasteiger partial charge in [0.1, 0.15) is 11.8 Å². The van der Waals surface area contributed by atoms with Crippen molar-refractivity contribution in [3.8, 4) is 6.07 Å². The molecule has 21 heavy (non-hydrogen) atoms. The summed E-state index contributed by atoms with van der Waals surface area (Å²) >= 11 is 0. The van der Waals surface area contributed by atoms with Crippen LogP contribution in [0, 0.1) is 11.3 Å². The van der Waals surface area contributed by atoms with Crippen LogP contribution < -0.4 is 10.2 Å². The Hall–Kier alpha value is -2.88. The highest BCUT2D eigenvalue weighted by atomic mass is 16.2. The van der Waals surface area contributed by atoms with Crippen molar-refractivity contribution >= 4 is 11.6 Å². The molecule has 3 rings (SSSR count). The van der Waals surface area contributed by atoms with E-state index in [4.69, 9.17) is 5.26 Å². The van der Waals surface area contributed by atoms with Crippen LogP contribution in [0.3, 0.4) is 0 Å². The number of carbonyl (C=O) groups excluding carboxylic acids is 1. The maximum absolute atomic E-state index is 12.0. The van der Waals surface area contributed by atoms with E-state index in [1.54, 1.807) is 42.5 Å². The first-order valence-corrected chi connectivity index (χ1v) is 6.57. The maximum atomic E-state index is 12.0. The maximum Gasteiger partial charge on any atom is 0.272 e. The summed E-state index contributed by atoms with van der Waals surface area (Å²) in [4.78, 5) is 18.0. The minimum absolute atomic E-state index is 0.0613. The molecule has 0 unspecified atom stereocenters.